The fourth-order valence-electron chi connectivity index (χ4n) is 1.44. The first-order valence-electron chi connectivity index (χ1n) is 5.60. The van der Waals surface area contributed by atoms with Crippen molar-refractivity contribution < 1.29 is 19.4 Å². The summed E-state index contributed by atoms with van der Waals surface area (Å²) in [6.45, 7) is 0.264. The molecule has 0 fully saturated rings. The smallest absolute Gasteiger partial charge is 0.307 e. The number of aliphatic hydroxyl groups excluding tert-OH is 1. The van der Waals surface area contributed by atoms with Crippen LogP contribution in [0.4, 0.5) is 0 Å². The van der Waals surface area contributed by atoms with Gasteiger partial charge in [0.25, 0.3) is 5.91 Å². The molecular formula is C13H17NO4. The van der Waals surface area contributed by atoms with Gasteiger partial charge < -0.3 is 14.7 Å². The second-order valence-electron chi connectivity index (χ2n) is 3.91. The van der Waals surface area contributed by atoms with Gasteiger partial charge in [-0.05, 0) is 17.7 Å². The van der Waals surface area contributed by atoms with Crippen LogP contribution in [0.25, 0.3) is 0 Å². The average Bonchev–Trinajstić information content (AvgIpc) is 2.43. The first kappa shape index (κ1) is 14.2. The van der Waals surface area contributed by atoms with Gasteiger partial charge in [-0.3, -0.25) is 9.59 Å². The fraction of sp³-hybridized carbons (Fsp3) is 0.385. The van der Waals surface area contributed by atoms with Gasteiger partial charge >= 0.3 is 5.97 Å². The first-order chi connectivity index (χ1) is 8.58. The van der Waals surface area contributed by atoms with E-state index in [1.165, 1.54) is 12.0 Å². The Hall–Kier alpha value is -1.88. The number of carbonyl (C=O) groups is 2. The number of carbonyl (C=O) groups excluding carboxylic acids is 2. The molecule has 1 aromatic rings. The Morgan fingerprint density at radius 1 is 1.28 bits per heavy atom. The molecule has 0 aromatic heterocycles. The van der Waals surface area contributed by atoms with Crippen LogP contribution in [0.5, 0.6) is 0 Å². The highest BCUT2D eigenvalue weighted by molar-refractivity contribution is 5.94. The standard InChI is InChI=1S/C13H17NO4/c1-14(8-7-12(16)18-2)13(17)11-5-3-10(9-15)4-6-11/h3-6,15H,7-9H2,1-2H3. The summed E-state index contributed by atoms with van der Waals surface area (Å²) < 4.78 is 4.51. The van der Waals surface area contributed by atoms with Crippen LogP contribution in [0, 0.1) is 0 Å². The van der Waals surface area contributed by atoms with Crippen molar-refractivity contribution in [3.63, 3.8) is 0 Å². The van der Waals surface area contributed by atoms with E-state index in [1.54, 1.807) is 31.3 Å². The highest BCUT2D eigenvalue weighted by atomic mass is 16.5. The molecule has 0 saturated heterocycles. The second-order valence-corrected chi connectivity index (χ2v) is 3.91. The van der Waals surface area contributed by atoms with Gasteiger partial charge in [-0.15, -0.1) is 0 Å². The number of rotatable bonds is 5. The van der Waals surface area contributed by atoms with Crippen molar-refractivity contribution in [3.05, 3.63) is 35.4 Å². The first-order valence-corrected chi connectivity index (χ1v) is 5.60. The third kappa shape index (κ3) is 3.85. The Bertz CT molecular complexity index is 414. The summed E-state index contributed by atoms with van der Waals surface area (Å²) in [5.41, 5.74) is 1.28. The molecule has 0 unspecified atom stereocenters. The number of benzene rings is 1. The lowest BCUT2D eigenvalue weighted by Gasteiger charge is -2.16. The number of hydrogen-bond acceptors (Lipinski definition) is 4. The number of aliphatic hydroxyl groups is 1. The van der Waals surface area contributed by atoms with E-state index in [0.29, 0.717) is 12.1 Å². The van der Waals surface area contributed by atoms with Crippen molar-refractivity contribution in [2.24, 2.45) is 0 Å². The maximum atomic E-state index is 12.0. The van der Waals surface area contributed by atoms with E-state index in [2.05, 4.69) is 4.74 Å². The summed E-state index contributed by atoms with van der Waals surface area (Å²) in [6.07, 6.45) is 0.174. The van der Waals surface area contributed by atoms with Gasteiger partial charge in [-0.2, -0.15) is 0 Å². The van der Waals surface area contributed by atoms with E-state index in [0.717, 1.165) is 5.56 Å². The van der Waals surface area contributed by atoms with Crippen LogP contribution in [0.2, 0.25) is 0 Å². The zero-order valence-electron chi connectivity index (χ0n) is 10.5. The van der Waals surface area contributed by atoms with Crippen LogP contribution in [0.3, 0.4) is 0 Å². The average molecular weight is 251 g/mol. The van der Waals surface area contributed by atoms with E-state index in [-0.39, 0.29) is 24.9 Å². The lowest BCUT2D eigenvalue weighted by molar-refractivity contribution is -0.140. The van der Waals surface area contributed by atoms with Gasteiger partial charge in [-0.25, -0.2) is 0 Å². The third-order valence-electron chi connectivity index (χ3n) is 2.61. The van der Waals surface area contributed by atoms with Gasteiger partial charge in [0.15, 0.2) is 0 Å². The molecule has 5 nitrogen and oxygen atoms in total. The van der Waals surface area contributed by atoms with Gasteiger partial charge in [-0.1, -0.05) is 12.1 Å². The summed E-state index contributed by atoms with van der Waals surface area (Å²) in [5, 5.41) is 8.90. The molecule has 0 aliphatic carbocycles. The maximum absolute atomic E-state index is 12.0. The predicted molar refractivity (Wildman–Crippen MR) is 66.0 cm³/mol. The molecule has 0 atom stereocenters. The van der Waals surface area contributed by atoms with Crippen LogP contribution in [-0.4, -0.2) is 42.6 Å². The molecule has 1 rings (SSSR count). The molecule has 0 saturated carbocycles. The number of methoxy groups -OCH3 is 1. The quantitative estimate of drug-likeness (QED) is 0.786. The molecular weight excluding hydrogens is 234 g/mol. The Morgan fingerprint density at radius 2 is 1.89 bits per heavy atom. The molecule has 0 heterocycles. The van der Waals surface area contributed by atoms with Gasteiger partial charge in [0.1, 0.15) is 0 Å². The molecule has 1 aromatic carbocycles. The largest absolute Gasteiger partial charge is 0.469 e. The number of ether oxygens (including phenoxy) is 1. The van der Waals surface area contributed by atoms with Gasteiger partial charge in [0.05, 0.1) is 20.1 Å². The number of hydrogen-bond donors (Lipinski definition) is 1. The fourth-order valence-corrected chi connectivity index (χ4v) is 1.44. The molecule has 0 spiro atoms. The lowest BCUT2D eigenvalue weighted by atomic mass is 10.1. The Morgan fingerprint density at radius 3 is 2.39 bits per heavy atom. The number of nitrogens with zero attached hydrogens (tertiary/aromatic N) is 1. The van der Waals surface area contributed by atoms with E-state index < -0.39 is 0 Å². The molecule has 5 heteroatoms. The van der Waals surface area contributed by atoms with Crippen molar-refractivity contribution in [2.75, 3.05) is 20.7 Å². The zero-order chi connectivity index (χ0) is 13.5. The lowest BCUT2D eigenvalue weighted by Crippen LogP contribution is -2.29. The van der Waals surface area contributed by atoms with Crippen molar-refractivity contribution in [3.8, 4) is 0 Å². The van der Waals surface area contributed by atoms with Crippen LogP contribution < -0.4 is 0 Å². The molecule has 0 radical (unpaired) electrons. The molecule has 18 heavy (non-hydrogen) atoms. The van der Waals surface area contributed by atoms with Crippen molar-refractivity contribution in [1.82, 2.24) is 4.90 Å². The molecule has 0 aliphatic rings. The molecule has 0 bridgehead atoms. The number of amides is 1. The topological polar surface area (TPSA) is 66.8 Å². The molecule has 1 N–H and O–H groups in total. The monoisotopic (exact) mass is 251 g/mol. The van der Waals surface area contributed by atoms with E-state index in [1.807, 2.05) is 0 Å². The zero-order valence-corrected chi connectivity index (χ0v) is 10.5. The summed E-state index contributed by atoms with van der Waals surface area (Å²) in [5.74, 6) is -0.506. The maximum Gasteiger partial charge on any atom is 0.307 e. The molecule has 0 aliphatic heterocycles. The normalized spacial score (nSPS) is 9.94. The van der Waals surface area contributed by atoms with Crippen molar-refractivity contribution in [1.29, 1.82) is 0 Å². The van der Waals surface area contributed by atoms with Crippen LogP contribution in [-0.2, 0) is 16.1 Å². The van der Waals surface area contributed by atoms with E-state index in [4.69, 9.17) is 5.11 Å². The summed E-state index contributed by atoms with van der Waals surface area (Å²) in [4.78, 5) is 24.4. The summed E-state index contributed by atoms with van der Waals surface area (Å²) >= 11 is 0. The SMILES string of the molecule is COC(=O)CCN(C)C(=O)c1ccc(CO)cc1. The Balaban J connectivity index is 2.59. The Kier molecular flexibility index (Phi) is 5.32. The van der Waals surface area contributed by atoms with E-state index >= 15 is 0 Å². The van der Waals surface area contributed by atoms with Gasteiger partial charge in [0.2, 0.25) is 0 Å². The number of esters is 1. The predicted octanol–water partition coefficient (Wildman–Crippen LogP) is 0.814. The Labute approximate surface area is 106 Å². The molecule has 98 valence electrons. The minimum absolute atomic E-state index is 0.0490. The van der Waals surface area contributed by atoms with E-state index in [9.17, 15) is 9.59 Å². The van der Waals surface area contributed by atoms with Crippen LogP contribution in [0.15, 0.2) is 24.3 Å². The van der Waals surface area contributed by atoms with Crippen molar-refractivity contribution in [2.45, 2.75) is 13.0 Å². The minimum Gasteiger partial charge on any atom is -0.469 e. The third-order valence-corrected chi connectivity index (χ3v) is 2.61. The van der Waals surface area contributed by atoms with Crippen LogP contribution in [0.1, 0.15) is 22.3 Å². The summed E-state index contributed by atoms with van der Waals surface area (Å²) in [6, 6.07) is 6.70. The van der Waals surface area contributed by atoms with Gasteiger partial charge in [0, 0.05) is 19.2 Å². The second kappa shape index (κ2) is 6.76. The minimum atomic E-state index is -0.342. The highest BCUT2D eigenvalue weighted by Crippen LogP contribution is 2.07. The van der Waals surface area contributed by atoms with Crippen LogP contribution >= 0.6 is 0 Å². The van der Waals surface area contributed by atoms with Crippen molar-refractivity contribution >= 4 is 11.9 Å². The highest BCUT2D eigenvalue weighted by Gasteiger charge is 2.12. The summed E-state index contributed by atoms with van der Waals surface area (Å²) in [7, 11) is 2.95. The molecule has 1 amide bonds.